The summed E-state index contributed by atoms with van der Waals surface area (Å²) in [6.45, 7) is 6.38. The van der Waals surface area contributed by atoms with E-state index < -0.39 is 5.97 Å². The van der Waals surface area contributed by atoms with Crippen molar-refractivity contribution in [3.63, 3.8) is 0 Å². The van der Waals surface area contributed by atoms with E-state index in [1.807, 2.05) is 44.2 Å². The van der Waals surface area contributed by atoms with Crippen molar-refractivity contribution < 1.29 is 14.3 Å². The molecule has 8 heteroatoms. The van der Waals surface area contributed by atoms with Gasteiger partial charge in [0.1, 0.15) is 15.5 Å². The fraction of sp³-hybridized carbons (Fsp3) is 0.440. The third-order valence-electron chi connectivity index (χ3n) is 6.06. The van der Waals surface area contributed by atoms with Crippen molar-refractivity contribution in [2.24, 2.45) is 0 Å². The van der Waals surface area contributed by atoms with E-state index in [0.29, 0.717) is 33.7 Å². The number of aromatic nitrogens is 2. The van der Waals surface area contributed by atoms with Crippen molar-refractivity contribution in [1.29, 1.82) is 0 Å². The van der Waals surface area contributed by atoms with Crippen LogP contribution in [0.5, 0.6) is 0 Å². The minimum Gasteiger partial charge on any atom is -0.451 e. The summed E-state index contributed by atoms with van der Waals surface area (Å²) >= 11 is 1.17. The molecule has 3 heterocycles. The molecule has 1 amide bonds. The van der Waals surface area contributed by atoms with E-state index in [9.17, 15) is 14.4 Å². The number of carbonyl (C=O) groups is 2. The molecule has 1 aliphatic rings. The van der Waals surface area contributed by atoms with Gasteiger partial charge in [0.15, 0.2) is 6.61 Å². The average Bonchev–Trinajstić information content (AvgIpc) is 2.96. The van der Waals surface area contributed by atoms with Crippen LogP contribution in [0.4, 0.5) is 0 Å². The van der Waals surface area contributed by atoms with E-state index in [1.165, 1.54) is 11.3 Å². The molecule has 0 radical (unpaired) electrons. The summed E-state index contributed by atoms with van der Waals surface area (Å²) < 4.78 is 7.15. The Labute approximate surface area is 197 Å². The molecule has 174 valence electrons. The van der Waals surface area contributed by atoms with Crippen LogP contribution >= 0.6 is 11.3 Å². The second-order valence-electron chi connectivity index (χ2n) is 8.71. The monoisotopic (exact) mass is 467 g/mol. The van der Waals surface area contributed by atoms with Gasteiger partial charge in [0.25, 0.3) is 11.5 Å². The van der Waals surface area contributed by atoms with Crippen molar-refractivity contribution in [3.8, 4) is 0 Å². The van der Waals surface area contributed by atoms with Crippen LogP contribution in [0, 0.1) is 6.92 Å². The van der Waals surface area contributed by atoms with Gasteiger partial charge in [0, 0.05) is 25.6 Å². The van der Waals surface area contributed by atoms with Gasteiger partial charge >= 0.3 is 5.97 Å². The summed E-state index contributed by atoms with van der Waals surface area (Å²) in [6, 6.07) is 9.67. The average molecular weight is 468 g/mol. The first kappa shape index (κ1) is 23.2. The first-order valence-corrected chi connectivity index (χ1v) is 12.2. The minimum atomic E-state index is -0.591. The molecule has 2 aromatic heterocycles. The SMILES string of the molecule is Cc1c(C(=O)OCC(=O)N(Cc2ccccc2)C(C)C)sc2nc3n(c(=O)c12)CCCCC3. The zero-order valence-corrected chi connectivity index (χ0v) is 20.1. The first-order chi connectivity index (χ1) is 15.9. The zero-order chi connectivity index (χ0) is 23.5. The summed E-state index contributed by atoms with van der Waals surface area (Å²) in [7, 11) is 0. The number of aryl methyl sites for hydroxylation is 2. The van der Waals surface area contributed by atoms with Crippen LogP contribution in [0.25, 0.3) is 10.2 Å². The molecule has 0 fully saturated rings. The highest BCUT2D eigenvalue weighted by molar-refractivity contribution is 7.20. The molecule has 0 bridgehead atoms. The summed E-state index contributed by atoms with van der Waals surface area (Å²) in [5.41, 5.74) is 1.50. The van der Waals surface area contributed by atoms with Gasteiger partial charge in [-0.3, -0.25) is 14.2 Å². The molecule has 33 heavy (non-hydrogen) atoms. The first-order valence-electron chi connectivity index (χ1n) is 11.4. The summed E-state index contributed by atoms with van der Waals surface area (Å²) in [5.74, 6) is -0.0624. The molecule has 0 saturated carbocycles. The van der Waals surface area contributed by atoms with E-state index in [2.05, 4.69) is 0 Å². The van der Waals surface area contributed by atoms with Crippen molar-refractivity contribution in [2.75, 3.05) is 6.61 Å². The fourth-order valence-corrected chi connectivity index (χ4v) is 5.30. The number of ether oxygens (including phenoxy) is 1. The lowest BCUT2D eigenvalue weighted by molar-refractivity contribution is -0.136. The van der Waals surface area contributed by atoms with Gasteiger partial charge in [0.05, 0.1) is 5.39 Å². The Morgan fingerprint density at radius 2 is 1.94 bits per heavy atom. The van der Waals surface area contributed by atoms with E-state index in [0.717, 1.165) is 37.1 Å². The van der Waals surface area contributed by atoms with Crippen LogP contribution in [-0.2, 0) is 29.0 Å². The normalized spacial score (nSPS) is 13.6. The molecule has 0 aliphatic carbocycles. The van der Waals surface area contributed by atoms with Crippen LogP contribution in [0.1, 0.15) is 59.7 Å². The molecular formula is C25H29N3O4S. The minimum absolute atomic E-state index is 0.0397. The molecule has 4 rings (SSSR count). The number of hydrogen-bond donors (Lipinski definition) is 0. The third-order valence-corrected chi connectivity index (χ3v) is 7.23. The van der Waals surface area contributed by atoms with Crippen LogP contribution in [0.15, 0.2) is 35.1 Å². The van der Waals surface area contributed by atoms with Crippen LogP contribution in [-0.4, -0.2) is 39.0 Å². The van der Waals surface area contributed by atoms with Crippen molar-refractivity contribution in [3.05, 3.63) is 62.5 Å². The van der Waals surface area contributed by atoms with Gasteiger partial charge in [-0.05, 0) is 44.7 Å². The number of nitrogens with zero attached hydrogens (tertiary/aromatic N) is 3. The number of hydrogen-bond acceptors (Lipinski definition) is 6. The van der Waals surface area contributed by atoms with E-state index in [-0.39, 0.29) is 24.1 Å². The van der Waals surface area contributed by atoms with Crippen molar-refractivity contribution in [2.45, 2.75) is 65.6 Å². The Bertz CT molecular complexity index is 1230. The molecule has 0 saturated heterocycles. The lowest BCUT2D eigenvalue weighted by Crippen LogP contribution is -2.39. The predicted octanol–water partition coefficient (Wildman–Crippen LogP) is 4.09. The Hall–Kier alpha value is -3.00. The largest absolute Gasteiger partial charge is 0.451 e. The lowest BCUT2D eigenvalue weighted by Gasteiger charge is -2.26. The molecule has 3 aromatic rings. The Kier molecular flexibility index (Phi) is 6.93. The summed E-state index contributed by atoms with van der Waals surface area (Å²) in [6.07, 6.45) is 3.81. The highest BCUT2D eigenvalue weighted by Gasteiger charge is 2.25. The maximum atomic E-state index is 13.1. The van der Waals surface area contributed by atoms with Gasteiger partial charge in [-0.25, -0.2) is 9.78 Å². The molecule has 0 spiro atoms. The molecule has 1 aliphatic heterocycles. The highest BCUT2D eigenvalue weighted by Crippen LogP contribution is 2.29. The molecule has 1 aromatic carbocycles. The van der Waals surface area contributed by atoms with E-state index in [4.69, 9.17) is 9.72 Å². The number of thiophene rings is 1. The quantitative estimate of drug-likeness (QED) is 0.510. The van der Waals surface area contributed by atoms with Gasteiger partial charge < -0.3 is 9.64 Å². The molecule has 0 N–H and O–H groups in total. The molecule has 7 nitrogen and oxygen atoms in total. The summed E-state index contributed by atoms with van der Waals surface area (Å²) in [5, 5.41) is 0.483. The van der Waals surface area contributed by atoms with Crippen molar-refractivity contribution in [1.82, 2.24) is 14.5 Å². The topological polar surface area (TPSA) is 81.5 Å². The standard InChI is InChI=1S/C25H29N3O4S/c1-16(2)28(14-18-10-6-4-7-11-18)20(29)15-32-25(31)22-17(3)21-23(33-22)26-19-12-8-5-9-13-27(19)24(21)30/h4,6-7,10-11,16H,5,8-9,12-15H2,1-3H3. The number of amides is 1. The molecular weight excluding hydrogens is 438 g/mol. The molecule has 0 atom stereocenters. The van der Waals surface area contributed by atoms with Crippen LogP contribution < -0.4 is 5.56 Å². The zero-order valence-electron chi connectivity index (χ0n) is 19.3. The van der Waals surface area contributed by atoms with Gasteiger partial charge in [0.2, 0.25) is 0 Å². The van der Waals surface area contributed by atoms with Gasteiger partial charge in [-0.15, -0.1) is 11.3 Å². The highest BCUT2D eigenvalue weighted by atomic mass is 32.1. The maximum Gasteiger partial charge on any atom is 0.349 e. The van der Waals surface area contributed by atoms with Gasteiger partial charge in [-0.2, -0.15) is 0 Å². The van der Waals surface area contributed by atoms with Crippen LogP contribution in [0.3, 0.4) is 0 Å². The second-order valence-corrected chi connectivity index (χ2v) is 9.71. The fourth-order valence-electron chi connectivity index (χ4n) is 4.22. The van der Waals surface area contributed by atoms with Crippen LogP contribution in [0.2, 0.25) is 0 Å². The lowest BCUT2D eigenvalue weighted by atomic mass is 10.2. The second kappa shape index (κ2) is 9.87. The maximum absolute atomic E-state index is 13.1. The van der Waals surface area contributed by atoms with Crippen molar-refractivity contribution >= 4 is 33.4 Å². The van der Waals surface area contributed by atoms with E-state index in [1.54, 1.807) is 16.4 Å². The number of fused-ring (bicyclic) bond motifs is 2. The number of carbonyl (C=O) groups excluding carboxylic acids is 2. The smallest absolute Gasteiger partial charge is 0.349 e. The third kappa shape index (κ3) is 4.85. The Morgan fingerprint density at radius 1 is 1.18 bits per heavy atom. The van der Waals surface area contributed by atoms with Gasteiger partial charge in [-0.1, -0.05) is 36.8 Å². The molecule has 0 unspecified atom stereocenters. The Balaban J connectivity index is 1.51. The predicted molar refractivity (Wildman–Crippen MR) is 129 cm³/mol. The summed E-state index contributed by atoms with van der Waals surface area (Å²) in [4.78, 5) is 46.1. The van der Waals surface area contributed by atoms with E-state index >= 15 is 0 Å². The Morgan fingerprint density at radius 3 is 2.67 bits per heavy atom. The number of rotatable bonds is 6. The number of benzene rings is 1. The number of esters is 1.